The Balaban J connectivity index is 3.05. The molecule has 0 aliphatic rings. The van der Waals surface area contributed by atoms with Crippen molar-refractivity contribution in [1.29, 1.82) is 0 Å². The highest BCUT2D eigenvalue weighted by Gasteiger charge is 2.32. The molecule has 6 N–H and O–H groups in total. The highest BCUT2D eigenvalue weighted by molar-refractivity contribution is 5.69. The second-order valence-corrected chi connectivity index (χ2v) is 5.17. The Bertz CT molecular complexity index is 555. The van der Waals surface area contributed by atoms with Crippen LogP contribution in [0.5, 0.6) is 5.75 Å². The summed E-state index contributed by atoms with van der Waals surface area (Å²) < 4.78 is 40.2. The Hall–Kier alpha value is -2.33. The topological polar surface area (TPSA) is 136 Å². The zero-order valence-electron chi connectivity index (χ0n) is 12.4. The fraction of sp³-hybridized carbons (Fsp3) is 0.429. The zero-order valence-corrected chi connectivity index (χ0v) is 12.4. The molecule has 0 radical (unpaired) electrons. The summed E-state index contributed by atoms with van der Waals surface area (Å²) in [4.78, 5) is 21.6. The summed E-state index contributed by atoms with van der Waals surface area (Å²) in [6.45, 7) is 0. The quantitative estimate of drug-likeness (QED) is 0.554. The first-order valence-electron chi connectivity index (χ1n) is 6.80. The van der Waals surface area contributed by atoms with Crippen molar-refractivity contribution >= 4 is 11.9 Å². The number of alkyl halides is 3. The Kier molecular flexibility index (Phi) is 6.55. The molecule has 0 aliphatic carbocycles. The van der Waals surface area contributed by atoms with Crippen molar-refractivity contribution in [2.45, 2.75) is 37.2 Å². The van der Waals surface area contributed by atoms with Crippen molar-refractivity contribution in [3.63, 3.8) is 0 Å². The summed E-state index contributed by atoms with van der Waals surface area (Å²) in [5.74, 6) is -3.74. The molecule has 0 aromatic heterocycles. The summed E-state index contributed by atoms with van der Waals surface area (Å²) >= 11 is 0. The molecule has 1 rings (SSSR count). The van der Waals surface area contributed by atoms with Crippen LogP contribution in [0, 0.1) is 0 Å². The fourth-order valence-corrected chi connectivity index (χ4v) is 2.36. The van der Waals surface area contributed by atoms with Crippen molar-refractivity contribution in [3.8, 4) is 5.75 Å². The van der Waals surface area contributed by atoms with Crippen LogP contribution >= 0.6 is 0 Å². The number of nitrogens with two attached hydrogens (primary N) is 2. The van der Waals surface area contributed by atoms with Crippen LogP contribution in [0.15, 0.2) is 24.3 Å². The Morgan fingerprint density at radius 3 is 1.75 bits per heavy atom. The molecule has 0 saturated carbocycles. The molecule has 0 spiro atoms. The van der Waals surface area contributed by atoms with Crippen molar-refractivity contribution in [1.82, 2.24) is 0 Å². The minimum Gasteiger partial charge on any atom is -0.481 e. The molecule has 0 heterocycles. The number of carboxylic acids is 2. The lowest BCUT2D eigenvalue weighted by molar-refractivity contribution is -0.274. The van der Waals surface area contributed by atoms with Crippen LogP contribution < -0.4 is 16.2 Å². The normalized spacial score (nSPS) is 15.4. The molecular weight excluding hydrogens is 333 g/mol. The van der Waals surface area contributed by atoms with E-state index < -0.39 is 54.9 Å². The third-order valence-electron chi connectivity index (χ3n) is 3.24. The van der Waals surface area contributed by atoms with Gasteiger partial charge in [0, 0.05) is 18.0 Å². The van der Waals surface area contributed by atoms with Gasteiger partial charge in [-0.1, -0.05) is 12.1 Å². The lowest BCUT2D eigenvalue weighted by atomic mass is 9.83. The maximum atomic E-state index is 12.2. The average molecular weight is 350 g/mol. The van der Waals surface area contributed by atoms with Gasteiger partial charge in [0.1, 0.15) is 5.75 Å². The van der Waals surface area contributed by atoms with Crippen LogP contribution in [0.1, 0.15) is 24.3 Å². The lowest BCUT2D eigenvalue weighted by Crippen LogP contribution is -2.43. The molecule has 2 atom stereocenters. The number of rotatable bonds is 8. The number of hydrogen-bond acceptors (Lipinski definition) is 5. The number of ether oxygens (including phenoxy) is 1. The van der Waals surface area contributed by atoms with Gasteiger partial charge in [-0.25, -0.2) is 0 Å². The summed E-state index contributed by atoms with van der Waals surface area (Å²) in [5.41, 5.74) is 11.9. The van der Waals surface area contributed by atoms with E-state index >= 15 is 0 Å². The molecule has 0 fully saturated rings. The van der Waals surface area contributed by atoms with Crippen molar-refractivity contribution in [2.24, 2.45) is 11.5 Å². The molecule has 0 aliphatic heterocycles. The van der Waals surface area contributed by atoms with Crippen LogP contribution in [-0.2, 0) is 9.59 Å². The monoisotopic (exact) mass is 350 g/mol. The maximum Gasteiger partial charge on any atom is 0.573 e. The third kappa shape index (κ3) is 6.42. The van der Waals surface area contributed by atoms with Gasteiger partial charge in [-0.05, 0) is 17.7 Å². The van der Waals surface area contributed by atoms with Crippen molar-refractivity contribution < 1.29 is 37.7 Å². The van der Waals surface area contributed by atoms with Gasteiger partial charge < -0.3 is 26.4 Å². The molecule has 1 aromatic carbocycles. The van der Waals surface area contributed by atoms with Gasteiger partial charge in [0.15, 0.2) is 0 Å². The van der Waals surface area contributed by atoms with E-state index in [-0.39, 0.29) is 0 Å². The zero-order chi connectivity index (χ0) is 18.5. The van der Waals surface area contributed by atoms with Crippen LogP contribution in [0.4, 0.5) is 13.2 Å². The molecule has 10 heteroatoms. The Morgan fingerprint density at radius 1 is 1.00 bits per heavy atom. The van der Waals surface area contributed by atoms with Crippen LogP contribution in [0.2, 0.25) is 0 Å². The molecule has 24 heavy (non-hydrogen) atoms. The van der Waals surface area contributed by atoms with E-state index in [0.29, 0.717) is 5.56 Å². The van der Waals surface area contributed by atoms with Crippen molar-refractivity contribution in [2.75, 3.05) is 0 Å². The standard InChI is InChI=1S/C14H17F3N2O5/c15-14(16,17)24-8-3-1-7(2-4-8)13(9(18)5-11(20)21)10(19)6-12(22)23/h1-4,9-10,13H,5-6,18-19H2,(H,20,21)(H,22,23). The Morgan fingerprint density at radius 2 is 1.42 bits per heavy atom. The number of halogens is 3. The van der Waals surface area contributed by atoms with Gasteiger partial charge in [-0.3, -0.25) is 9.59 Å². The number of hydrogen-bond donors (Lipinski definition) is 4. The van der Waals surface area contributed by atoms with E-state index in [9.17, 15) is 22.8 Å². The predicted octanol–water partition coefficient (Wildman–Crippen LogP) is 1.27. The molecule has 1 aromatic rings. The molecule has 0 amide bonds. The van der Waals surface area contributed by atoms with Gasteiger partial charge in [0.05, 0.1) is 12.8 Å². The van der Waals surface area contributed by atoms with E-state index in [1.807, 2.05) is 0 Å². The molecule has 2 unspecified atom stereocenters. The van der Waals surface area contributed by atoms with Gasteiger partial charge in [0.25, 0.3) is 0 Å². The first kappa shape index (κ1) is 19.7. The first-order valence-corrected chi connectivity index (χ1v) is 6.80. The fourth-order valence-electron chi connectivity index (χ4n) is 2.36. The summed E-state index contributed by atoms with van der Waals surface area (Å²) in [5, 5.41) is 17.7. The summed E-state index contributed by atoms with van der Waals surface area (Å²) in [6, 6.07) is 2.52. The van der Waals surface area contributed by atoms with Gasteiger partial charge in [-0.15, -0.1) is 13.2 Å². The minimum absolute atomic E-state index is 0.326. The molecular formula is C14H17F3N2O5. The molecule has 7 nitrogen and oxygen atoms in total. The van der Waals surface area contributed by atoms with Crippen LogP contribution in [-0.4, -0.2) is 40.6 Å². The number of benzene rings is 1. The highest BCUT2D eigenvalue weighted by atomic mass is 19.4. The van der Waals surface area contributed by atoms with Crippen LogP contribution in [0.3, 0.4) is 0 Å². The minimum atomic E-state index is -4.85. The van der Waals surface area contributed by atoms with E-state index in [1.54, 1.807) is 0 Å². The SMILES string of the molecule is NC(CC(=O)O)C(c1ccc(OC(F)(F)F)cc1)C(N)CC(=O)O. The molecule has 0 saturated heterocycles. The van der Waals surface area contributed by atoms with Crippen molar-refractivity contribution in [3.05, 3.63) is 29.8 Å². The van der Waals surface area contributed by atoms with Gasteiger partial charge in [0.2, 0.25) is 0 Å². The first-order chi connectivity index (χ1) is 11.0. The maximum absolute atomic E-state index is 12.2. The second kappa shape index (κ2) is 7.97. The number of carbonyl (C=O) groups is 2. The smallest absolute Gasteiger partial charge is 0.481 e. The van der Waals surface area contributed by atoms with Gasteiger partial charge >= 0.3 is 18.3 Å². The van der Waals surface area contributed by atoms with E-state index in [1.165, 1.54) is 12.1 Å². The average Bonchev–Trinajstić information content (AvgIpc) is 2.37. The van der Waals surface area contributed by atoms with Gasteiger partial charge in [-0.2, -0.15) is 0 Å². The Labute approximate surface area is 135 Å². The van der Waals surface area contributed by atoms with E-state index in [0.717, 1.165) is 12.1 Å². The lowest BCUT2D eigenvalue weighted by Gasteiger charge is -2.28. The van der Waals surface area contributed by atoms with E-state index in [2.05, 4.69) is 4.74 Å². The number of aliphatic carboxylic acids is 2. The molecule has 134 valence electrons. The summed E-state index contributed by atoms with van der Waals surface area (Å²) in [6.07, 6.45) is -5.79. The largest absolute Gasteiger partial charge is 0.573 e. The van der Waals surface area contributed by atoms with Crippen LogP contribution in [0.25, 0.3) is 0 Å². The number of carboxylic acid groups (broad SMARTS) is 2. The molecule has 0 bridgehead atoms. The van der Waals surface area contributed by atoms with E-state index in [4.69, 9.17) is 21.7 Å². The summed E-state index contributed by atoms with van der Waals surface area (Å²) in [7, 11) is 0. The predicted molar refractivity (Wildman–Crippen MR) is 76.3 cm³/mol. The second-order valence-electron chi connectivity index (χ2n) is 5.17. The highest BCUT2D eigenvalue weighted by Crippen LogP contribution is 2.29. The third-order valence-corrected chi connectivity index (χ3v) is 3.24.